The lowest BCUT2D eigenvalue weighted by Gasteiger charge is -2.31. The van der Waals surface area contributed by atoms with Crippen molar-refractivity contribution in [2.24, 2.45) is 0 Å². The number of nitrogens with zero attached hydrogens (tertiary/aromatic N) is 1. The average Bonchev–Trinajstić information content (AvgIpc) is 2.83. The van der Waals surface area contributed by atoms with E-state index in [4.69, 9.17) is 0 Å². The van der Waals surface area contributed by atoms with Gasteiger partial charge in [0.05, 0.1) is 0 Å². The maximum absolute atomic E-state index is 13.5. The third kappa shape index (κ3) is 7.22. The Hall–Kier alpha value is -3.05. The minimum absolute atomic E-state index is 0.0117. The molecule has 3 aromatic carbocycles. The molecular formula is C28H32N2O2S. The van der Waals surface area contributed by atoms with Gasteiger partial charge < -0.3 is 10.2 Å². The Morgan fingerprint density at radius 1 is 0.909 bits per heavy atom. The molecule has 0 aromatic heterocycles. The normalized spacial score (nSPS) is 11.6. The third-order valence-corrected chi connectivity index (χ3v) is 6.74. The Labute approximate surface area is 201 Å². The molecule has 33 heavy (non-hydrogen) atoms. The van der Waals surface area contributed by atoms with Gasteiger partial charge in [0.2, 0.25) is 11.8 Å². The van der Waals surface area contributed by atoms with E-state index in [1.165, 1.54) is 5.56 Å². The molecule has 2 amide bonds. The number of carbonyl (C=O) groups is 2. The molecule has 172 valence electrons. The number of benzene rings is 3. The SMILES string of the molecule is CNC(=O)C(Cc1ccccc1)N(Cc1ccccc1C)C(=O)CCSc1ccc(C)cc1. The monoisotopic (exact) mass is 460 g/mol. The predicted octanol–water partition coefficient (Wildman–Crippen LogP) is 5.17. The van der Waals surface area contributed by atoms with Crippen LogP contribution in [0.5, 0.6) is 0 Å². The van der Waals surface area contributed by atoms with E-state index in [2.05, 4.69) is 36.5 Å². The summed E-state index contributed by atoms with van der Waals surface area (Å²) < 4.78 is 0. The Morgan fingerprint density at radius 2 is 1.58 bits per heavy atom. The summed E-state index contributed by atoms with van der Waals surface area (Å²) in [5, 5.41) is 2.77. The van der Waals surface area contributed by atoms with Crippen molar-refractivity contribution in [2.45, 2.75) is 44.2 Å². The first-order chi connectivity index (χ1) is 16.0. The lowest BCUT2D eigenvalue weighted by atomic mass is 10.0. The van der Waals surface area contributed by atoms with Crippen LogP contribution in [0.3, 0.4) is 0 Å². The number of carbonyl (C=O) groups excluding carboxylic acids is 2. The molecule has 0 aliphatic carbocycles. The lowest BCUT2D eigenvalue weighted by molar-refractivity contribution is -0.140. The first kappa shape index (κ1) is 24.6. The fraction of sp³-hybridized carbons (Fsp3) is 0.286. The molecule has 1 unspecified atom stereocenters. The Kier molecular flexibility index (Phi) is 9.14. The molecule has 0 saturated heterocycles. The predicted molar refractivity (Wildman–Crippen MR) is 136 cm³/mol. The molecular weight excluding hydrogens is 428 g/mol. The number of likely N-dealkylation sites (N-methyl/N-ethyl adjacent to an activating group) is 1. The highest BCUT2D eigenvalue weighted by molar-refractivity contribution is 7.99. The number of thioether (sulfide) groups is 1. The van der Waals surface area contributed by atoms with Gasteiger partial charge in [-0.15, -0.1) is 11.8 Å². The van der Waals surface area contributed by atoms with Crippen LogP contribution in [-0.2, 0) is 22.6 Å². The Bertz CT molecular complexity index is 1050. The zero-order chi connectivity index (χ0) is 23.6. The van der Waals surface area contributed by atoms with Crippen LogP contribution in [0, 0.1) is 13.8 Å². The van der Waals surface area contributed by atoms with E-state index in [-0.39, 0.29) is 11.8 Å². The van der Waals surface area contributed by atoms with Crippen molar-refractivity contribution in [3.63, 3.8) is 0 Å². The van der Waals surface area contributed by atoms with Gasteiger partial charge in [0.1, 0.15) is 6.04 Å². The Morgan fingerprint density at radius 3 is 2.24 bits per heavy atom. The van der Waals surface area contributed by atoms with Crippen LogP contribution in [0.4, 0.5) is 0 Å². The summed E-state index contributed by atoms with van der Waals surface area (Å²) in [6.45, 7) is 4.51. The van der Waals surface area contributed by atoms with Gasteiger partial charge in [-0.05, 0) is 42.7 Å². The molecule has 0 saturated carbocycles. The molecule has 0 spiro atoms. The summed E-state index contributed by atoms with van der Waals surface area (Å²) in [5.41, 5.74) is 4.41. The lowest BCUT2D eigenvalue weighted by Crippen LogP contribution is -2.49. The highest BCUT2D eigenvalue weighted by atomic mass is 32.2. The highest BCUT2D eigenvalue weighted by Gasteiger charge is 2.29. The minimum Gasteiger partial charge on any atom is -0.357 e. The van der Waals surface area contributed by atoms with Crippen LogP contribution < -0.4 is 5.32 Å². The van der Waals surface area contributed by atoms with Crippen LogP contribution in [0.25, 0.3) is 0 Å². The molecule has 0 radical (unpaired) electrons. The van der Waals surface area contributed by atoms with Crippen LogP contribution >= 0.6 is 11.8 Å². The van der Waals surface area contributed by atoms with Crippen molar-refractivity contribution >= 4 is 23.6 Å². The number of hydrogen-bond donors (Lipinski definition) is 1. The molecule has 0 aliphatic heterocycles. The van der Waals surface area contributed by atoms with Crippen molar-refractivity contribution < 1.29 is 9.59 Å². The van der Waals surface area contributed by atoms with Crippen LogP contribution in [0.2, 0.25) is 0 Å². The van der Waals surface area contributed by atoms with Crippen LogP contribution in [0.15, 0.2) is 83.8 Å². The molecule has 4 nitrogen and oxygen atoms in total. The van der Waals surface area contributed by atoms with Gasteiger partial charge in [-0.3, -0.25) is 9.59 Å². The van der Waals surface area contributed by atoms with Gasteiger partial charge in [-0.2, -0.15) is 0 Å². The molecule has 3 aromatic rings. The van der Waals surface area contributed by atoms with Gasteiger partial charge in [-0.25, -0.2) is 0 Å². The molecule has 0 bridgehead atoms. The molecule has 1 N–H and O–H groups in total. The number of nitrogens with one attached hydrogen (secondary N) is 1. The van der Waals surface area contributed by atoms with Crippen molar-refractivity contribution in [2.75, 3.05) is 12.8 Å². The fourth-order valence-corrected chi connectivity index (χ4v) is 4.57. The molecule has 1 atom stereocenters. The molecule has 5 heteroatoms. The third-order valence-electron chi connectivity index (χ3n) is 5.73. The first-order valence-corrected chi connectivity index (χ1v) is 12.3. The van der Waals surface area contributed by atoms with Gasteiger partial charge in [-0.1, -0.05) is 72.3 Å². The topological polar surface area (TPSA) is 49.4 Å². The summed E-state index contributed by atoms with van der Waals surface area (Å²) in [5.74, 6) is 0.507. The fourth-order valence-electron chi connectivity index (χ4n) is 3.73. The first-order valence-electron chi connectivity index (χ1n) is 11.3. The summed E-state index contributed by atoms with van der Waals surface area (Å²) in [6, 6.07) is 25.7. The van der Waals surface area contributed by atoms with E-state index in [9.17, 15) is 9.59 Å². The van der Waals surface area contributed by atoms with E-state index < -0.39 is 6.04 Å². The number of rotatable bonds is 10. The van der Waals surface area contributed by atoms with Gasteiger partial charge >= 0.3 is 0 Å². The number of aryl methyl sites for hydroxylation is 2. The maximum Gasteiger partial charge on any atom is 0.242 e. The second-order valence-electron chi connectivity index (χ2n) is 8.18. The van der Waals surface area contributed by atoms with Gasteiger partial charge in [0, 0.05) is 37.1 Å². The molecule has 3 rings (SSSR count). The molecule has 0 aliphatic rings. The summed E-state index contributed by atoms with van der Waals surface area (Å²) >= 11 is 1.67. The summed E-state index contributed by atoms with van der Waals surface area (Å²) in [4.78, 5) is 29.3. The zero-order valence-corrected chi connectivity index (χ0v) is 20.4. The second kappa shape index (κ2) is 12.3. The van der Waals surface area contributed by atoms with E-state index in [1.54, 1.807) is 23.7 Å². The van der Waals surface area contributed by atoms with Gasteiger partial charge in [0.15, 0.2) is 0 Å². The van der Waals surface area contributed by atoms with Crippen LogP contribution in [-0.4, -0.2) is 35.6 Å². The maximum atomic E-state index is 13.5. The summed E-state index contributed by atoms with van der Waals surface area (Å²) in [7, 11) is 1.63. The van der Waals surface area contributed by atoms with Crippen molar-refractivity contribution in [3.05, 3.63) is 101 Å². The molecule has 0 fully saturated rings. The Balaban J connectivity index is 1.81. The van der Waals surface area contributed by atoms with E-state index >= 15 is 0 Å². The average molecular weight is 461 g/mol. The van der Waals surface area contributed by atoms with Crippen molar-refractivity contribution in [1.29, 1.82) is 0 Å². The number of amides is 2. The highest BCUT2D eigenvalue weighted by Crippen LogP contribution is 2.22. The second-order valence-corrected chi connectivity index (χ2v) is 9.35. The van der Waals surface area contributed by atoms with Crippen molar-refractivity contribution in [1.82, 2.24) is 10.2 Å². The van der Waals surface area contributed by atoms with E-state index in [0.29, 0.717) is 25.1 Å². The quantitative estimate of drug-likeness (QED) is 0.425. The van der Waals surface area contributed by atoms with Crippen LogP contribution in [0.1, 0.15) is 28.7 Å². The van der Waals surface area contributed by atoms with E-state index in [1.807, 2.05) is 61.5 Å². The number of hydrogen-bond acceptors (Lipinski definition) is 3. The molecule has 0 heterocycles. The largest absolute Gasteiger partial charge is 0.357 e. The van der Waals surface area contributed by atoms with Gasteiger partial charge in [0.25, 0.3) is 0 Å². The smallest absolute Gasteiger partial charge is 0.242 e. The standard InChI is InChI=1S/C28H32N2O2S/c1-21-13-15-25(16-14-21)33-18-17-27(31)30(20-24-12-8-7-9-22(24)2)26(28(32)29-3)19-23-10-5-4-6-11-23/h4-16,26H,17-20H2,1-3H3,(H,29,32). The van der Waals surface area contributed by atoms with E-state index in [0.717, 1.165) is 21.6 Å². The summed E-state index contributed by atoms with van der Waals surface area (Å²) in [6.07, 6.45) is 0.843. The zero-order valence-electron chi connectivity index (χ0n) is 19.6. The van der Waals surface area contributed by atoms with Crippen molar-refractivity contribution in [3.8, 4) is 0 Å². The minimum atomic E-state index is -0.575.